The van der Waals surface area contributed by atoms with Crippen molar-refractivity contribution in [2.24, 2.45) is 0 Å². The number of benzene rings is 3. The van der Waals surface area contributed by atoms with Crippen molar-refractivity contribution in [3.8, 4) is 17.2 Å². The number of hydrogen-bond acceptors (Lipinski definition) is 5. The molecule has 1 unspecified atom stereocenters. The zero-order chi connectivity index (χ0) is 26.4. The standard InChI is InChI=1S/C30H35N3O4/c1-20-12-13-21(2)27(18-20)37-17-9-8-16-33-25-11-7-6-10-24(25)32-29(33)22(3)31-30(34)23-14-15-26(35-4)28(19-23)36-5/h6-7,10-15,18-19,22H,8-9,16-17H2,1-5H3,(H,31,34). The quantitative estimate of drug-likeness (QED) is 0.254. The van der Waals surface area contributed by atoms with Crippen LogP contribution in [0.15, 0.2) is 60.7 Å². The molecule has 3 aromatic carbocycles. The Bertz CT molecular complexity index is 1380. The van der Waals surface area contributed by atoms with Crippen LogP contribution in [0.4, 0.5) is 0 Å². The highest BCUT2D eigenvalue weighted by molar-refractivity contribution is 5.95. The fourth-order valence-electron chi connectivity index (χ4n) is 4.40. The lowest BCUT2D eigenvalue weighted by atomic mass is 10.1. The number of aryl methyl sites for hydroxylation is 3. The largest absolute Gasteiger partial charge is 0.493 e. The van der Waals surface area contributed by atoms with Gasteiger partial charge in [0.25, 0.3) is 5.91 Å². The average Bonchev–Trinajstić information content (AvgIpc) is 3.28. The van der Waals surface area contributed by atoms with E-state index in [-0.39, 0.29) is 11.9 Å². The van der Waals surface area contributed by atoms with Crippen LogP contribution in [-0.4, -0.2) is 36.3 Å². The van der Waals surface area contributed by atoms with Gasteiger partial charge in [0.05, 0.1) is 37.9 Å². The van der Waals surface area contributed by atoms with E-state index < -0.39 is 0 Å². The number of para-hydroxylation sites is 2. The highest BCUT2D eigenvalue weighted by atomic mass is 16.5. The molecule has 37 heavy (non-hydrogen) atoms. The summed E-state index contributed by atoms with van der Waals surface area (Å²) in [4.78, 5) is 17.9. The molecule has 1 aromatic heterocycles. The number of rotatable bonds is 11. The van der Waals surface area contributed by atoms with E-state index in [0.717, 1.165) is 47.6 Å². The summed E-state index contributed by atoms with van der Waals surface area (Å²) in [6.45, 7) is 7.53. The summed E-state index contributed by atoms with van der Waals surface area (Å²) in [5.41, 5.74) is 4.80. The van der Waals surface area contributed by atoms with Crippen LogP contribution in [0.2, 0.25) is 0 Å². The molecule has 0 saturated carbocycles. The molecule has 0 saturated heterocycles. The lowest BCUT2D eigenvalue weighted by Gasteiger charge is -2.17. The predicted octanol–water partition coefficient (Wildman–Crippen LogP) is 6.02. The van der Waals surface area contributed by atoms with Crippen molar-refractivity contribution in [2.45, 2.75) is 46.2 Å². The third-order valence-corrected chi connectivity index (χ3v) is 6.44. The fraction of sp³-hybridized carbons (Fsp3) is 0.333. The first-order valence-electron chi connectivity index (χ1n) is 12.6. The highest BCUT2D eigenvalue weighted by Gasteiger charge is 2.20. The maximum Gasteiger partial charge on any atom is 0.251 e. The van der Waals surface area contributed by atoms with Crippen LogP contribution in [0.25, 0.3) is 11.0 Å². The maximum atomic E-state index is 13.0. The summed E-state index contributed by atoms with van der Waals surface area (Å²) in [6, 6.07) is 19.2. The van der Waals surface area contributed by atoms with Gasteiger partial charge in [-0.05, 0) is 81.1 Å². The van der Waals surface area contributed by atoms with E-state index in [0.29, 0.717) is 23.7 Å². The molecule has 1 heterocycles. The number of ether oxygens (including phenoxy) is 3. The van der Waals surface area contributed by atoms with E-state index >= 15 is 0 Å². The topological polar surface area (TPSA) is 74.6 Å². The molecule has 1 atom stereocenters. The minimum Gasteiger partial charge on any atom is -0.493 e. The highest BCUT2D eigenvalue weighted by Crippen LogP contribution is 2.28. The summed E-state index contributed by atoms with van der Waals surface area (Å²) in [5, 5.41) is 3.09. The Kier molecular flexibility index (Phi) is 8.33. The molecule has 0 aliphatic heterocycles. The first kappa shape index (κ1) is 26.1. The van der Waals surface area contributed by atoms with Gasteiger partial charge in [0.1, 0.15) is 11.6 Å². The molecule has 0 aliphatic rings. The monoisotopic (exact) mass is 501 g/mol. The molecule has 7 heteroatoms. The molecule has 194 valence electrons. The van der Waals surface area contributed by atoms with Crippen LogP contribution in [0.1, 0.15) is 53.1 Å². The molecule has 0 aliphatic carbocycles. The fourth-order valence-corrected chi connectivity index (χ4v) is 4.40. The van der Waals surface area contributed by atoms with Gasteiger partial charge in [-0.1, -0.05) is 24.3 Å². The predicted molar refractivity (Wildman–Crippen MR) is 146 cm³/mol. The van der Waals surface area contributed by atoms with Gasteiger partial charge >= 0.3 is 0 Å². The van der Waals surface area contributed by atoms with Crippen LogP contribution in [0.5, 0.6) is 17.2 Å². The minimum atomic E-state index is -0.292. The van der Waals surface area contributed by atoms with Gasteiger partial charge < -0.3 is 24.1 Å². The van der Waals surface area contributed by atoms with Gasteiger partial charge in [0.15, 0.2) is 11.5 Å². The number of amides is 1. The number of fused-ring (bicyclic) bond motifs is 1. The van der Waals surface area contributed by atoms with Gasteiger partial charge in [-0.3, -0.25) is 4.79 Å². The van der Waals surface area contributed by atoms with E-state index in [1.807, 2.05) is 25.1 Å². The molecule has 0 bridgehead atoms. The van der Waals surface area contributed by atoms with Crippen LogP contribution in [0.3, 0.4) is 0 Å². The molecular weight excluding hydrogens is 466 g/mol. The Hall–Kier alpha value is -4.00. The van der Waals surface area contributed by atoms with Crippen molar-refractivity contribution < 1.29 is 19.0 Å². The summed E-state index contributed by atoms with van der Waals surface area (Å²) in [7, 11) is 3.12. The number of hydrogen-bond donors (Lipinski definition) is 1. The van der Waals surface area contributed by atoms with Gasteiger partial charge in [-0.25, -0.2) is 4.98 Å². The van der Waals surface area contributed by atoms with Crippen molar-refractivity contribution in [3.05, 3.63) is 83.2 Å². The Labute approximate surface area is 218 Å². The number of carbonyl (C=O) groups is 1. The Morgan fingerprint density at radius 3 is 2.51 bits per heavy atom. The molecule has 1 N–H and O–H groups in total. The molecule has 1 amide bonds. The number of aromatic nitrogens is 2. The number of methoxy groups -OCH3 is 2. The maximum absolute atomic E-state index is 13.0. The third-order valence-electron chi connectivity index (χ3n) is 6.44. The van der Waals surface area contributed by atoms with Crippen LogP contribution in [-0.2, 0) is 6.54 Å². The lowest BCUT2D eigenvalue weighted by molar-refractivity contribution is 0.0937. The van der Waals surface area contributed by atoms with Crippen LogP contribution >= 0.6 is 0 Å². The molecule has 4 aromatic rings. The normalized spacial score (nSPS) is 11.8. The van der Waals surface area contributed by atoms with E-state index in [1.54, 1.807) is 32.4 Å². The second kappa shape index (κ2) is 11.8. The van der Waals surface area contributed by atoms with Crippen LogP contribution in [0, 0.1) is 13.8 Å². The number of nitrogens with zero attached hydrogens (tertiary/aromatic N) is 2. The molecule has 0 radical (unpaired) electrons. The van der Waals surface area contributed by atoms with Crippen molar-refractivity contribution in [1.29, 1.82) is 0 Å². The summed E-state index contributed by atoms with van der Waals surface area (Å²) >= 11 is 0. The molecular formula is C30H35N3O4. The van der Waals surface area contributed by atoms with Crippen molar-refractivity contribution in [3.63, 3.8) is 0 Å². The van der Waals surface area contributed by atoms with Crippen molar-refractivity contribution in [2.75, 3.05) is 20.8 Å². The van der Waals surface area contributed by atoms with E-state index in [2.05, 4.69) is 48.0 Å². The number of imidazole rings is 1. The molecule has 4 rings (SSSR count). The molecule has 7 nitrogen and oxygen atoms in total. The van der Waals surface area contributed by atoms with Crippen LogP contribution < -0.4 is 19.5 Å². The third kappa shape index (κ3) is 6.05. The van der Waals surface area contributed by atoms with E-state index in [9.17, 15) is 4.79 Å². The molecule has 0 spiro atoms. The second-order valence-corrected chi connectivity index (χ2v) is 9.20. The Balaban J connectivity index is 1.44. The summed E-state index contributed by atoms with van der Waals surface area (Å²) < 4.78 is 18.9. The summed E-state index contributed by atoms with van der Waals surface area (Å²) in [6.07, 6.45) is 1.83. The summed E-state index contributed by atoms with van der Waals surface area (Å²) in [5.74, 6) is 2.66. The van der Waals surface area contributed by atoms with E-state index in [1.165, 1.54) is 5.56 Å². The zero-order valence-electron chi connectivity index (χ0n) is 22.2. The lowest BCUT2D eigenvalue weighted by Crippen LogP contribution is -2.28. The molecule has 0 fully saturated rings. The van der Waals surface area contributed by atoms with Gasteiger partial charge in [-0.2, -0.15) is 0 Å². The van der Waals surface area contributed by atoms with Crippen molar-refractivity contribution in [1.82, 2.24) is 14.9 Å². The average molecular weight is 502 g/mol. The Morgan fingerprint density at radius 2 is 1.73 bits per heavy atom. The van der Waals surface area contributed by atoms with Gasteiger partial charge in [0, 0.05) is 12.1 Å². The van der Waals surface area contributed by atoms with Crippen molar-refractivity contribution >= 4 is 16.9 Å². The number of carbonyl (C=O) groups excluding carboxylic acids is 1. The minimum absolute atomic E-state index is 0.200. The second-order valence-electron chi connectivity index (χ2n) is 9.20. The van der Waals surface area contributed by atoms with Gasteiger partial charge in [0.2, 0.25) is 0 Å². The zero-order valence-corrected chi connectivity index (χ0v) is 22.2. The SMILES string of the molecule is COc1ccc(C(=O)NC(C)c2nc3ccccc3n2CCCCOc2cc(C)ccc2C)cc1OC. The smallest absolute Gasteiger partial charge is 0.251 e. The number of nitrogens with one attached hydrogen (secondary N) is 1. The Morgan fingerprint density at radius 1 is 0.946 bits per heavy atom. The number of unbranched alkanes of at least 4 members (excludes halogenated alkanes) is 1. The van der Waals surface area contributed by atoms with E-state index in [4.69, 9.17) is 19.2 Å². The first-order valence-corrected chi connectivity index (χ1v) is 12.6. The first-order chi connectivity index (χ1) is 17.9. The van der Waals surface area contributed by atoms with Gasteiger partial charge in [-0.15, -0.1) is 0 Å².